The molecule has 1 aliphatic heterocycles. The monoisotopic (exact) mass is 392 g/mol. The fourth-order valence-electron chi connectivity index (χ4n) is 2.88. The summed E-state index contributed by atoms with van der Waals surface area (Å²) in [5.74, 6) is -0.389. The van der Waals surface area contributed by atoms with E-state index in [1.165, 1.54) is 17.0 Å². The summed E-state index contributed by atoms with van der Waals surface area (Å²) in [6.07, 6.45) is 0.206. The van der Waals surface area contributed by atoms with Crippen molar-refractivity contribution in [3.05, 3.63) is 58.9 Å². The van der Waals surface area contributed by atoms with Crippen LogP contribution in [0.3, 0.4) is 0 Å². The van der Waals surface area contributed by atoms with Crippen molar-refractivity contribution >= 4 is 29.3 Å². The molecule has 0 unspecified atom stereocenters. The molecule has 1 fully saturated rings. The zero-order valence-corrected chi connectivity index (χ0v) is 15.1. The van der Waals surface area contributed by atoms with Gasteiger partial charge in [-0.2, -0.15) is 0 Å². The Morgan fingerprint density at radius 1 is 1.19 bits per heavy atom. The van der Waals surface area contributed by atoms with Gasteiger partial charge in [-0.25, -0.2) is 9.18 Å². The van der Waals surface area contributed by atoms with Crippen molar-refractivity contribution in [3.63, 3.8) is 0 Å². The zero-order valence-electron chi connectivity index (χ0n) is 14.3. The lowest BCUT2D eigenvalue weighted by molar-refractivity contribution is 0.0895. The lowest BCUT2D eigenvalue weighted by Crippen LogP contribution is -2.41. The van der Waals surface area contributed by atoms with Crippen LogP contribution in [0, 0.1) is 5.82 Å². The smallest absolute Gasteiger partial charge is 0.407 e. The molecule has 2 amide bonds. The molecule has 1 saturated heterocycles. The standard InChI is InChI=1S/C19H18ClFN2O4/c20-17-10-12(21)4-5-16(17)18(24)22-13-2-1-3-15(11-13)27-14-6-8-23(9-7-14)19(25)26/h1-5,10-11,14H,6-9H2,(H,22,24)(H,25,26). The first-order valence-electron chi connectivity index (χ1n) is 8.43. The van der Waals surface area contributed by atoms with Crippen LogP contribution >= 0.6 is 11.6 Å². The molecule has 0 atom stereocenters. The molecule has 2 aromatic rings. The van der Waals surface area contributed by atoms with Crippen molar-refractivity contribution in [3.8, 4) is 5.75 Å². The van der Waals surface area contributed by atoms with Crippen molar-refractivity contribution in [2.75, 3.05) is 18.4 Å². The number of benzene rings is 2. The SMILES string of the molecule is O=C(Nc1cccc(OC2CCN(C(=O)O)CC2)c1)c1ccc(F)cc1Cl. The van der Waals surface area contributed by atoms with Crippen molar-refractivity contribution in [1.82, 2.24) is 4.90 Å². The molecule has 6 nitrogen and oxygen atoms in total. The van der Waals surface area contributed by atoms with Gasteiger partial charge in [-0.3, -0.25) is 4.79 Å². The van der Waals surface area contributed by atoms with E-state index in [-0.39, 0.29) is 16.7 Å². The molecule has 3 rings (SSSR count). The summed E-state index contributed by atoms with van der Waals surface area (Å²) in [7, 11) is 0. The summed E-state index contributed by atoms with van der Waals surface area (Å²) in [6, 6.07) is 10.5. The number of hydrogen-bond acceptors (Lipinski definition) is 3. The van der Waals surface area contributed by atoms with Gasteiger partial charge < -0.3 is 20.1 Å². The fourth-order valence-corrected chi connectivity index (χ4v) is 3.13. The summed E-state index contributed by atoms with van der Waals surface area (Å²) in [6.45, 7) is 0.860. The Morgan fingerprint density at radius 2 is 1.93 bits per heavy atom. The summed E-state index contributed by atoms with van der Waals surface area (Å²) in [5.41, 5.74) is 0.686. The lowest BCUT2D eigenvalue weighted by atomic mass is 10.1. The topological polar surface area (TPSA) is 78.9 Å². The van der Waals surface area contributed by atoms with Gasteiger partial charge in [0, 0.05) is 37.7 Å². The first-order valence-corrected chi connectivity index (χ1v) is 8.81. The van der Waals surface area contributed by atoms with Gasteiger partial charge >= 0.3 is 6.09 Å². The third kappa shape index (κ3) is 4.89. The van der Waals surface area contributed by atoms with Crippen molar-refractivity contribution < 1.29 is 23.8 Å². The highest BCUT2D eigenvalue weighted by Gasteiger charge is 2.23. The van der Waals surface area contributed by atoms with E-state index in [9.17, 15) is 14.0 Å². The van der Waals surface area contributed by atoms with Gasteiger partial charge in [0.2, 0.25) is 0 Å². The van der Waals surface area contributed by atoms with Crippen LogP contribution in [-0.2, 0) is 0 Å². The van der Waals surface area contributed by atoms with E-state index >= 15 is 0 Å². The Morgan fingerprint density at radius 3 is 2.59 bits per heavy atom. The highest BCUT2D eigenvalue weighted by Crippen LogP contribution is 2.24. The Kier molecular flexibility index (Phi) is 5.81. The van der Waals surface area contributed by atoms with E-state index in [0.29, 0.717) is 37.4 Å². The van der Waals surface area contributed by atoms with Crippen molar-refractivity contribution in [1.29, 1.82) is 0 Å². The summed E-state index contributed by atoms with van der Waals surface area (Å²) < 4.78 is 19.0. The maximum Gasteiger partial charge on any atom is 0.407 e. The third-order valence-electron chi connectivity index (χ3n) is 4.28. The van der Waals surface area contributed by atoms with Crippen LogP contribution in [0.5, 0.6) is 5.75 Å². The molecule has 2 N–H and O–H groups in total. The minimum absolute atomic E-state index is 0.0325. The molecule has 0 spiro atoms. The van der Waals surface area contributed by atoms with Gasteiger partial charge in [0.05, 0.1) is 10.6 Å². The van der Waals surface area contributed by atoms with E-state index in [1.54, 1.807) is 24.3 Å². The molecule has 8 heteroatoms. The first-order chi connectivity index (χ1) is 12.9. The average Bonchev–Trinajstić information content (AvgIpc) is 2.62. The number of carbonyl (C=O) groups excluding carboxylic acids is 1. The third-order valence-corrected chi connectivity index (χ3v) is 4.60. The van der Waals surface area contributed by atoms with Crippen LogP contribution in [0.15, 0.2) is 42.5 Å². The number of carbonyl (C=O) groups is 2. The number of nitrogens with one attached hydrogen (secondary N) is 1. The molecular weight excluding hydrogens is 375 g/mol. The number of piperidine rings is 1. The fraction of sp³-hybridized carbons (Fsp3) is 0.263. The number of nitrogens with zero attached hydrogens (tertiary/aromatic N) is 1. The molecule has 0 bridgehead atoms. The number of carboxylic acid groups (broad SMARTS) is 1. The van der Waals surface area contributed by atoms with Gasteiger partial charge in [-0.15, -0.1) is 0 Å². The van der Waals surface area contributed by atoms with Crippen LogP contribution in [-0.4, -0.2) is 41.2 Å². The Labute approximate surface area is 160 Å². The Bertz CT molecular complexity index is 853. The van der Waals surface area contributed by atoms with Crippen molar-refractivity contribution in [2.24, 2.45) is 0 Å². The van der Waals surface area contributed by atoms with E-state index < -0.39 is 17.8 Å². The molecular formula is C19H18ClFN2O4. The normalized spacial score (nSPS) is 14.7. The number of ether oxygens (including phenoxy) is 1. The molecule has 27 heavy (non-hydrogen) atoms. The van der Waals surface area contributed by atoms with Crippen LogP contribution < -0.4 is 10.1 Å². The molecule has 0 radical (unpaired) electrons. The Balaban J connectivity index is 1.62. The highest BCUT2D eigenvalue weighted by atomic mass is 35.5. The predicted molar refractivity (Wildman–Crippen MR) is 99.1 cm³/mol. The minimum atomic E-state index is -0.919. The molecule has 0 aromatic heterocycles. The van der Waals surface area contributed by atoms with Gasteiger partial charge in [0.1, 0.15) is 17.7 Å². The van der Waals surface area contributed by atoms with E-state index in [4.69, 9.17) is 21.4 Å². The molecule has 1 heterocycles. The van der Waals surface area contributed by atoms with Crippen LogP contribution in [0.1, 0.15) is 23.2 Å². The van der Waals surface area contributed by atoms with Gasteiger partial charge in [-0.1, -0.05) is 17.7 Å². The number of likely N-dealkylation sites (tertiary alicyclic amines) is 1. The average molecular weight is 393 g/mol. The van der Waals surface area contributed by atoms with Crippen molar-refractivity contribution in [2.45, 2.75) is 18.9 Å². The van der Waals surface area contributed by atoms with E-state index in [1.807, 2.05) is 0 Å². The summed E-state index contributed by atoms with van der Waals surface area (Å²) in [4.78, 5) is 24.6. The molecule has 0 aliphatic carbocycles. The minimum Gasteiger partial charge on any atom is -0.490 e. The van der Waals surface area contributed by atoms with E-state index in [2.05, 4.69) is 5.32 Å². The van der Waals surface area contributed by atoms with Gasteiger partial charge in [0.25, 0.3) is 5.91 Å². The lowest BCUT2D eigenvalue weighted by Gasteiger charge is -2.30. The number of hydrogen-bond donors (Lipinski definition) is 2. The van der Waals surface area contributed by atoms with Crippen LogP contribution in [0.2, 0.25) is 5.02 Å². The second-order valence-corrected chi connectivity index (χ2v) is 6.60. The maximum absolute atomic E-state index is 13.1. The van der Waals surface area contributed by atoms with Crippen LogP contribution in [0.25, 0.3) is 0 Å². The molecule has 2 aromatic carbocycles. The zero-order chi connectivity index (χ0) is 19.4. The number of rotatable bonds is 4. The molecule has 0 saturated carbocycles. The Hall–Kier alpha value is -2.80. The summed E-state index contributed by atoms with van der Waals surface area (Å²) in [5, 5.41) is 11.7. The molecule has 1 aliphatic rings. The predicted octanol–water partition coefficient (Wildman–Crippen LogP) is 4.25. The largest absolute Gasteiger partial charge is 0.490 e. The van der Waals surface area contributed by atoms with Crippen LogP contribution in [0.4, 0.5) is 14.9 Å². The second-order valence-electron chi connectivity index (χ2n) is 6.19. The van der Waals surface area contributed by atoms with E-state index in [0.717, 1.165) is 6.07 Å². The summed E-state index contributed by atoms with van der Waals surface area (Å²) >= 11 is 5.91. The quantitative estimate of drug-likeness (QED) is 0.815. The number of halogens is 2. The first kappa shape index (κ1) is 19.0. The highest BCUT2D eigenvalue weighted by molar-refractivity contribution is 6.34. The maximum atomic E-state index is 13.1. The van der Waals surface area contributed by atoms with Gasteiger partial charge in [-0.05, 0) is 30.3 Å². The molecule has 142 valence electrons. The van der Waals surface area contributed by atoms with Gasteiger partial charge in [0.15, 0.2) is 0 Å². The number of anilines is 1. The second kappa shape index (κ2) is 8.26. The number of amides is 2.